The number of rotatable bonds is 10. The Kier molecular flexibility index (Phi) is 9.08. The third kappa shape index (κ3) is 7.50. The normalized spacial score (nSPS) is 22.5. The van der Waals surface area contributed by atoms with Crippen molar-refractivity contribution in [3.05, 3.63) is 35.4 Å². The molecule has 0 aliphatic carbocycles. The zero-order valence-corrected chi connectivity index (χ0v) is 17.1. The third-order valence-electron chi connectivity index (χ3n) is 5.88. The highest BCUT2D eigenvalue weighted by Crippen LogP contribution is 2.31. The van der Waals surface area contributed by atoms with E-state index in [2.05, 4.69) is 31.2 Å². The maximum absolute atomic E-state index is 12.9. The Balaban J connectivity index is 1.63. The smallest absolute Gasteiger partial charge is 0.0976 e. The van der Waals surface area contributed by atoms with E-state index < -0.39 is 6.17 Å². The van der Waals surface area contributed by atoms with E-state index in [0.717, 1.165) is 12.3 Å². The minimum atomic E-state index is -0.690. The first kappa shape index (κ1) is 19.7. The maximum atomic E-state index is 12.9. The predicted molar refractivity (Wildman–Crippen MR) is 107 cm³/mol. The Morgan fingerprint density at radius 2 is 1.67 bits per heavy atom. The molecule has 1 atom stereocenters. The number of hydrogen-bond donors (Lipinski definition) is 0. The maximum Gasteiger partial charge on any atom is 0.0976 e. The molecule has 2 rings (SSSR count). The van der Waals surface area contributed by atoms with Gasteiger partial charge in [-0.25, -0.2) is 4.39 Å². The molecule has 2 heteroatoms. The van der Waals surface area contributed by atoms with Gasteiger partial charge in [0.05, 0.1) is 6.17 Å². The molecule has 1 aliphatic heterocycles. The number of unbranched alkanes of at least 4 members (excludes halogenated alkanes) is 2. The Labute approximate surface area is 150 Å². The topological polar surface area (TPSA) is 0 Å². The van der Waals surface area contributed by atoms with Crippen LogP contribution in [0.4, 0.5) is 4.39 Å². The van der Waals surface area contributed by atoms with Crippen molar-refractivity contribution >= 4 is 8.80 Å². The summed E-state index contributed by atoms with van der Waals surface area (Å²) in [6, 6.07) is 13.8. The molecule has 0 radical (unpaired) electrons. The van der Waals surface area contributed by atoms with Crippen LogP contribution in [0.5, 0.6) is 0 Å². The minimum absolute atomic E-state index is 0.349. The lowest BCUT2D eigenvalue weighted by atomic mass is 9.94. The van der Waals surface area contributed by atoms with Crippen molar-refractivity contribution in [2.75, 3.05) is 0 Å². The van der Waals surface area contributed by atoms with Gasteiger partial charge in [-0.3, -0.25) is 0 Å². The van der Waals surface area contributed by atoms with Gasteiger partial charge in [-0.1, -0.05) is 81.4 Å². The first-order valence-corrected chi connectivity index (χ1v) is 12.8. The molecule has 1 aromatic rings. The fourth-order valence-electron chi connectivity index (χ4n) is 4.10. The van der Waals surface area contributed by atoms with Gasteiger partial charge >= 0.3 is 0 Å². The van der Waals surface area contributed by atoms with Crippen LogP contribution in [0, 0.1) is 5.92 Å². The van der Waals surface area contributed by atoms with E-state index in [-0.39, 0.29) is 8.80 Å². The second-order valence-corrected chi connectivity index (χ2v) is 11.5. The zero-order chi connectivity index (χ0) is 17.2. The Hall–Kier alpha value is -0.633. The van der Waals surface area contributed by atoms with Crippen molar-refractivity contribution in [1.82, 2.24) is 0 Å². The molecule has 0 saturated carbocycles. The average Bonchev–Trinajstić information content (AvgIpc) is 2.60. The van der Waals surface area contributed by atoms with Gasteiger partial charge in [0.1, 0.15) is 0 Å². The molecule has 136 valence electrons. The summed E-state index contributed by atoms with van der Waals surface area (Å²) in [7, 11) is -0.349. The van der Waals surface area contributed by atoms with Crippen LogP contribution in [0.2, 0.25) is 18.1 Å². The van der Waals surface area contributed by atoms with Crippen LogP contribution in [0.3, 0.4) is 0 Å². The van der Waals surface area contributed by atoms with Gasteiger partial charge in [0.25, 0.3) is 0 Å². The van der Waals surface area contributed by atoms with Crippen molar-refractivity contribution in [3.8, 4) is 0 Å². The molecular weight excluding hydrogens is 311 g/mol. The van der Waals surface area contributed by atoms with E-state index in [1.165, 1.54) is 56.1 Å². The van der Waals surface area contributed by atoms with Gasteiger partial charge in [0.2, 0.25) is 0 Å². The van der Waals surface area contributed by atoms with Crippen molar-refractivity contribution in [3.63, 3.8) is 0 Å². The van der Waals surface area contributed by atoms with Crippen molar-refractivity contribution in [1.29, 1.82) is 0 Å². The number of hydrogen-bond acceptors (Lipinski definition) is 0. The highest BCUT2D eigenvalue weighted by molar-refractivity contribution is 6.58. The van der Waals surface area contributed by atoms with Gasteiger partial charge in [-0.2, -0.15) is 0 Å². The SMILES string of the molecule is CCCCC[Si@H]1CC[C@H](CCc2ccc(CCC(C)F)cc2)CC1. The Morgan fingerprint density at radius 1 is 1.04 bits per heavy atom. The van der Waals surface area contributed by atoms with Crippen LogP contribution in [0.15, 0.2) is 24.3 Å². The number of halogens is 1. The lowest BCUT2D eigenvalue weighted by Gasteiger charge is -2.27. The van der Waals surface area contributed by atoms with E-state index in [1.807, 2.05) is 0 Å². The van der Waals surface area contributed by atoms with Gasteiger partial charge in [-0.15, -0.1) is 0 Å². The van der Waals surface area contributed by atoms with Crippen LogP contribution >= 0.6 is 0 Å². The lowest BCUT2D eigenvalue weighted by molar-refractivity contribution is 0.341. The van der Waals surface area contributed by atoms with Gasteiger partial charge in [-0.05, 0) is 49.7 Å². The van der Waals surface area contributed by atoms with E-state index in [9.17, 15) is 4.39 Å². The van der Waals surface area contributed by atoms with E-state index in [0.29, 0.717) is 6.42 Å². The van der Waals surface area contributed by atoms with Crippen LogP contribution < -0.4 is 0 Å². The fourth-order valence-corrected chi connectivity index (χ4v) is 7.72. The molecule has 1 saturated heterocycles. The number of alkyl halides is 1. The monoisotopic (exact) mass is 348 g/mol. The summed E-state index contributed by atoms with van der Waals surface area (Å²) in [5.74, 6) is 0.979. The minimum Gasteiger partial charge on any atom is -0.248 e. The van der Waals surface area contributed by atoms with Gasteiger partial charge in [0, 0.05) is 8.80 Å². The first-order valence-electron chi connectivity index (χ1n) is 10.4. The average molecular weight is 349 g/mol. The summed E-state index contributed by atoms with van der Waals surface area (Å²) in [5.41, 5.74) is 2.75. The molecule has 1 heterocycles. The van der Waals surface area contributed by atoms with Crippen molar-refractivity contribution < 1.29 is 4.39 Å². The molecule has 0 aromatic heterocycles. The molecule has 0 N–H and O–H groups in total. The van der Waals surface area contributed by atoms with Crippen LogP contribution in [-0.4, -0.2) is 15.0 Å². The van der Waals surface area contributed by atoms with E-state index in [1.54, 1.807) is 25.1 Å². The van der Waals surface area contributed by atoms with Crippen molar-refractivity contribution in [2.24, 2.45) is 5.92 Å². The van der Waals surface area contributed by atoms with E-state index >= 15 is 0 Å². The molecule has 0 bridgehead atoms. The summed E-state index contributed by atoms with van der Waals surface area (Å²) in [6.45, 7) is 3.96. The van der Waals surface area contributed by atoms with Crippen molar-refractivity contribution in [2.45, 2.75) is 95.9 Å². The zero-order valence-electron chi connectivity index (χ0n) is 15.9. The van der Waals surface area contributed by atoms with Crippen LogP contribution in [-0.2, 0) is 12.8 Å². The fraction of sp³-hybridized carbons (Fsp3) is 0.727. The molecular formula is C22H37FSi. The summed E-state index contributed by atoms with van der Waals surface area (Å²) in [5, 5.41) is 0. The van der Waals surface area contributed by atoms with Gasteiger partial charge in [0.15, 0.2) is 0 Å². The van der Waals surface area contributed by atoms with Crippen LogP contribution in [0.1, 0.15) is 69.9 Å². The Bertz CT molecular complexity index is 432. The highest BCUT2D eigenvalue weighted by Gasteiger charge is 2.21. The Morgan fingerprint density at radius 3 is 2.25 bits per heavy atom. The quantitative estimate of drug-likeness (QED) is 0.324. The molecule has 0 spiro atoms. The third-order valence-corrected chi connectivity index (χ3v) is 9.40. The first-order chi connectivity index (χ1) is 11.7. The second-order valence-electron chi connectivity index (χ2n) is 8.06. The summed E-state index contributed by atoms with van der Waals surface area (Å²) >= 11 is 0. The standard InChI is InChI=1S/C22H37FSi/c1-3-4-5-16-24-17-14-22(15-18-24)13-12-21-10-8-20(9-11-21)7-6-19(2)23/h8-11,19,22,24H,3-7,12-18H2,1-2H3/t19?,22-,24-. The summed E-state index contributed by atoms with van der Waals surface area (Å²) in [4.78, 5) is 0. The van der Waals surface area contributed by atoms with Crippen LogP contribution in [0.25, 0.3) is 0 Å². The molecule has 1 fully saturated rings. The molecule has 1 unspecified atom stereocenters. The summed E-state index contributed by atoms with van der Waals surface area (Å²) in [6.07, 6.45) is 10.8. The molecule has 1 aliphatic rings. The molecule has 1 aromatic carbocycles. The molecule has 0 amide bonds. The lowest BCUT2D eigenvalue weighted by Crippen LogP contribution is -2.21. The second kappa shape index (κ2) is 11.1. The predicted octanol–water partition coefficient (Wildman–Crippen LogP) is 6.74. The highest BCUT2D eigenvalue weighted by atomic mass is 28.3. The van der Waals surface area contributed by atoms with Gasteiger partial charge < -0.3 is 0 Å². The number of aryl methyl sites for hydroxylation is 2. The molecule has 24 heavy (non-hydrogen) atoms. The summed E-state index contributed by atoms with van der Waals surface area (Å²) < 4.78 is 12.9. The molecule has 0 nitrogen and oxygen atoms in total. The van der Waals surface area contributed by atoms with E-state index in [4.69, 9.17) is 0 Å². The largest absolute Gasteiger partial charge is 0.248 e. The number of benzene rings is 1.